The van der Waals surface area contributed by atoms with Crippen molar-refractivity contribution in [2.75, 3.05) is 5.32 Å². The molecule has 2 rings (SSSR count). The number of nitrogens with zero attached hydrogens (tertiary/aromatic N) is 2. The van der Waals surface area contributed by atoms with Gasteiger partial charge in [-0.15, -0.1) is 11.8 Å². The van der Waals surface area contributed by atoms with E-state index < -0.39 is 0 Å². The summed E-state index contributed by atoms with van der Waals surface area (Å²) in [6, 6.07) is 17.6. The number of hydrogen-bond acceptors (Lipinski definition) is 4. The first-order chi connectivity index (χ1) is 11.1. The first kappa shape index (κ1) is 16.6. The minimum Gasteiger partial charge on any atom is -0.349 e. The Bertz CT molecular complexity index is 782. The van der Waals surface area contributed by atoms with Crippen LogP contribution in [0.25, 0.3) is 0 Å². The number of nitrogens with one attached hydrogen (secondary N) is 1. The molecule has 2 aromatic rings. The number of rotatable bonds is 5. The Morgan fingerprint density at radius 3 is 2.43 bits per heavy atom. The number of halogens is 1. The van der Waals surface area contributed by atoms with Gasteiger partial charge in [0.05, 0.1) is 0 Å². The highest BCUT2D eigenvalue weighted by Crippen LogP contribution is 2.26. The molecule has 3 nitrogen and oxygen atoms in total. The van der Waals surface area contributed by atoms with Gasteiger partial charge in [-0.2, -0.15) is 10.5 Å². The zero-order chi connectivity index (χ0) is 16.7. The fraction of sp³-hybridized carbons (Fsp3) is 0.111. The molecule has 0 atom stereocenters. The molecule has 114 valence electrons. The van der Waals surface area contributed by atoms with Gasteiger partial charge in [0.25, 0.3) is 0 Å². The highest BCUT2D eigenvalue weighted by atomic mass is 32.2. The van der Waals surface area contributed by atoms with Crippen LogP contribution in [0.3, 0.4) is 0 Å². The Morgan fingerprint density at radius 2 is 1.83 bits per heavy atom. The Labute approximate surface area is 139 Å². The summed E-state index contributed by atoms with van der Waals surface area (Å²) in [4.78, 5) is 0. The smallest absolute Gasteiger partial charge is 0.159 e. The Morgan fingerprint density at radius 1 is 1.13 bits per heavy atom. The molecule has 0 saturated heterocycles. The van der Waals surface area contributed by atoms with E-state index in [4.69, 9.17) is 10.5 Å². The van der Waals surface area contributed by atoms with Gasteiger partial charge in [-0.25, -0.2) is 4.39 Å². The van der Waals surface area contributed by atoms with Crippen molar-refractivity contribution >= 4 is 17.4 Å². The molecule has 23 heavy (non-hydrogen) atoms. The van der Waals surface area contributed by atoms with Crippen LogP contribution in [0.4, 0.5) is 10.1 Å². The number of benzene rings is 2. The van der Waals surface area contributed by atoms with Gasteiger partial charge in [-0.05, 0) is 36.8 Å². The van der Waals surface area contributed by atoms with Gasteiger partial charge in [0.15, 0.2) is 5.57 Å². The van der Waals surface area contributed by atoms with E-state index in [1.165, 1.54) is 23.9 Å². The molecule has 0 unspecified atom stereocenters. The molecule has 0 fully saturated rings. The topological polar surface area (TPSA) is 59.6 Å². The number of hydrogen-bond donors (Lipinski definition) is 1. The van der Waals surface area contributed by atoms with E-state index in [1.54, 1.807) is 12.1 Å². The van der Waals surface area contributed by atoms with E-state index >= 15 is 0 Å². The number of anilines is 1. The lowest BCUT2D eigenvalue weighted by Crippen LogP contribution is -2.00. The second-order valence-electron chi connectivity index (χ2n) is 4.84. The number of allylic oxidation sites excluding steroid dienone is 1. The van der Waals surface area contributed by atoms with Crippen molar-refractivity contribution in [3.63, 3.8) is 0 Å². The van der Waals surface area contributed by atoms with Gasteiger partial charge in [0.1, 0.15) is 23.0 Å². The molecule has 0 bridgehead atoms. The van der Waals surface area contributed by atoms with E-state index in [0.29, 0.717) is 16.5 Å². The van der Waals surface area contributed by atoms with Gasteiger partial charge in [-0.3, -0.25) is 0 Å². The molecule has 5 heteroatoms. The highest BCUT2D eigenvalue weighted by molar-refractivity contribution is 8.02. The first-order valence-corrected chi connectivity index (χ1v) is 7.86. The first-order valence-electron chi connectivity index (χ1n) is 6.88. The summed E-state index contributed by atoms with van der Waals surface area (Å²) >= 11 is 1.37. The summed E-state index contributed by atoms with van der Waals surface area (Å²) in [6.45, 7) is 2.01. The van der Waals surface area contributed by atoms with Crippen LogP contribution in [-0.4, -0.2) is 0 Å². The maximum absolute atomic E-state index is 13.0. The minimum atomic E-state index is -0.339. The van der Waals surface area contributed by atoms with Crippen LogP contribution in [-0.2, 0) is 5.75 Å². The van der Waals surface area contributed by atoms with Crippen LogP contribution >= 0.6 is 11.8 Å². The number of thioether (sulfide) groups is 1. The van der Waals surface area contributed by atoms with Gasteiger partial charge >= 0.3 is 0 Å². The van der Waals surface area contributed by atoms with Crippen LogP contribution in [0.5, 0.6) is 0 Å². The average Bonchev–Trinajstić information content (AvgIpc) is 2.55. The predicted molar refractivity (Wildman–Crippen MR) is 90.7 cm³/mol. The minimum absolute atomic E-state index is 0.00646. The van der Waals surface area contributed by atoms with Gasteiger partial charge in [-0.1, -0.05) is 29.8 Å². The van der Waals surface area contributed by atoms with Gasteiger partial charge < -0.3 is 5.32 Å². The predicted octanol–water partition coefficient (Wildman–Crippen LogP) is 4.74. The molecule has 0 aromatic heterocycles. The third-order valence-corrected chi connectivity index (χ3v) is 4.09. The molecule has 2 aromatic carbocycles. The largest absolute Gasteiger partial charge is 0.349 e. The standard InChI is InChI=1S/C18H14FN3S/c1-13-3-2-4-14(9-13)12-23-18(15(10-20)11-21)22-17-7-5-16(19)6-8-17/h2-9,22H,12H2,1H3. The van der Waals surface area contributed by atoms with Crippen LogP contribution in [0.1, 0.15) is 11.1 Å². The fourth-order valence-electron chi connectivity index (χ4n) is 1.92. The zero-order valence-corrected chi connectivity index (χ0v) is 13.3. The van der Waals surface area contributed by atoms with Crippen molar-refractivity contribution in [1.82, 2.24) is 0 Å². The van der Waals surface area contributed by atoms with Crippen LogP contribution in [0.2, 0.25) is 0 Å². The van der Waals surface area contributed by atoms with Gasteiger partial charge in [0.2, 0.25) is 0 Å². The Balaban J connectivity index is 2.19. The van der Waals surface area contributed by atoms with Crippen LogP contribution in [0.15, 0.2) is 59.1 Å². The third-order valence-electron chi connectivity index (χ3n) is 3.02. The molecule has 0 radical (unpaired) electrons. The van der Waals surface area contributed by atoms with Crippen molar-refractivity contribution in [3.05, 3.63) is 76.1 Å². The molecule has 0 aliphatic carbocycles. The van der Waals surface area contributed by atoms with Crippen molar-refractivity contribution in [3.8, 4) is 12.1 Å². The maximum atomic E-state index is 13.0. The summed E-state index contributed by atoms with van der Waals surface area (Å²) in [5.74, 6) is 0.284. The van der Waals surface area contributed by atoms with Crippen LogP contribution < -0.4 is 5.32 Å². The van der Waals surface area contributed by atoms with Crippen molar-refractivity contribution in [1.29, 1.82) is 10.5 Å². The number of nitriles is 2. The molecule has 0 saturated carbocycles. The molecule has 0 amide bonds. The number of aryl methyl sites for hydroxylation is 1. The molecule has 0 aliphatic heterocycles. The average molecular weight is 323 g/mol. The maximum Gasteiger partial charge on any atom is 0.159 e. The van der Waals surface area contributed by atoms with E-state index in [1.807, 2.05) is 37.3 Å². The lowest BCUT2D eigenvalue weighted by Gasteiger charge is -2.11. The molecule has 0 spiro atoms. The summed E-state index contributed by atoms with van der Waals surface area (Å²) in [5.41, 5.74) is 2.89. The second-order valence-corrected chi connectivity index (χ2v) is 5.82. The Kier molecular flexibility index (Phi) is 5.80. The van der Waals surface area contributed by atoms with E-state index in [9.17, 15) is 4.39 Å². The quantitative estimate of drug-likeness (QED) is 0.808. The lowest BCUT2D eigenvalue weighted by atomic mass is 10.2. The summed E-state index contributed by atoms with van der Waals surface area (Å²) in [5, 5.41) is 21.7. The summed E-state index contributed by atoms with van der Waals surface area (Å²) < 4.78 is 13.0. The lowest BCUT2D eigenvalue weighted by molar-refractivity contribution is 0.628. The molecular formula is C18H14FN3S. The van der Waals surface area contributed by atoms with E-state index in [-0.39, 0.29) is 11.4 Å². The SMILES string of the molecule is Cc1cccc(CSC(Nc2ccc(F)cc2)=C(C#N)C#N)c1. The fourth-order valence-corrected chi connectivity index (χ4v) is 2.84. The van der Waals surface area contributed by atoms with Crippen molar-refractivity contribution in [2.45, 2.75) is 12.7 Å². The summed E-state index contributed by atoms with van der Waals surface area (Å²) in [6.07, 6.45) is 0. The molecule has 0 aliphatic rings. The Hall–Kier alpha value is -2.76. The van der Waals surface area contributed by atoms with E-state index in [2.05, 4.69) is 11.4 Å². The highest BCUT2D eigenvalue weighted by Gasteiger charge is 2.09. The third kappa shape index (κ3) is 4.88. The van der Waals surface area contributed by atoms with E-state index in [0.717, 1.165) is 11.1 Å². The molecular weight excluding hydrogens is 309 g/mol. The molecule has 1 N–H and O–H groups in total. The normalized spacial score (nSPS) is 9.57. The van der Waals surface area contributed by atoms with Crippen molar-refractivity contribution in [2.24, 2.45) is 0 Å². The summed E-state index contributed by atoms with van der Waals surface area (Å²) in [7, 11) is 0. The van der Waals surface area contributed by atoms with Crippen molar-refractivity contribution < 1.29 is 4.39 Å². The molecule has 0 heterocycles. The zero-order valence-electron chi connectivity index (χ0n) is 12.5. The van der Waals surface area contributed by atoms with Crippen LogP contribution in [0, 0.1) is 35.4 Å². The van der Waals surface area contributed by atoms with Gasteiger partial charge in [0, 0.05) is 11.4 Å². The monoisotopic (exact) mass is 323 g/mol. The second kappa shape index (κ2) is 8.03.